The summed E-state index contributed by atoms with van der Waals surface area (Å²) in [5.74, 6) is 2.18. The molecule has 2 bridgehead atoms. The summed E-state index contributed by atoms with van der Waals surface area (Å²) in [7, 11) is 1.62. The number of carbonyl (C=O) groups excluding carboxylic acids is 3. The van der Waals surface area contributed by atoms with Crippen LogP contribution in [0.15, 0.2) is 18.2 Å². The SMILES string of the molecule is CC[C@@H]1[C@@H]2CN(C(=O)[C@H](C3(C)CCOCC3)NC(=O)O[C@@H]3CC4CC4[C@H]3CCCCCc3nc4ccc(OC)cc4nc3O2)[C@@H]1C=O. The molecule has 0 spiro atoms. The number of nitrogens with one attached hydrogen (secondary N) is 1. The number of rotatable bonds is 4. The summed E-state index contributed by atoms with van der Waals surface area (Å²) in [6.07, 6.45) is 8.35. The maximum atomic E-state index is 14.6. The number of alkyl carbamates (subject to hydrolysis) is 1. The van der Waals surface area contributed by atoms with Crippen LogP contribution in [-0.2, 0) is 25.5 Å². The number of hydrogen-bond donors (Lipinski definition) is 1. The molecule has 1 aromatic carbocycles. The molecule has 2 aliphatic carbocycles. The first-order chi connectivity index (χ1) is 22.8. The van der Waals surface area contributed by atoms with Gasteiger partial charge in [-0.1, -0.05) is 26.7 Å². The van der Waals surface area contributed by atoms with Crippen LogP contribution in [0.5, 0.6) is 11.6 Å². The Morgan fingerprint density at radius 1 is 1.04 bits per heavy atom. The molecule has 11 nitrogen and oxygen atoms in total. The van der Waals surface area contributed by atoms with Gasteiger partial charge in [0.2, 0.25) is 11.8 Å². The van der Waals surface area contributed by atoms with Crippen LogP contribution >= 0.6 is 0 Å². The van der Waals surface area contributed by atoms with Crippen molar-refractivity contribution in [3.8, 4) is 11.6 Å². The lowest BCUT2D eigenvalue weighted by Crippen LogP contribution is -2.59. The second-order valence-electron chi connectivity index (χ2n) is 14.6. The third kappa shape index (κ3) is 6.27. The minimum atomic E-state index is -0.866. The average Bonchev–Trinajstić information content (AvgIpc) is 3.62. The minimum Gasteiger partial charge on any atom is -0.497 e. The number of aromatic nitrogens is 2. The Bertz CT molecular complexity index is 1500. The van der Waals surface area contributed by atoms with E-state index in [9.17, 15) is 14.4 Å². The van der Waals surface area contributed by atoms with Crippen LogP contribution in [0.4, 0.5) is 4.79 Å². The van der Waals surface area contributed by atoms with Gasteiger partial charge in [-0.15, -0.1) is 0 Å². The fraction of sp³-hybridized carbons (Fsp3) is 0.694. The van der Waals surface area contributed by atoms with Crippen LogP contribution in [0.2, 0.25) is 0 Å². The van der Waals surface area contributed by atoms with Crippen LogP contribution in [0.25, 0.3) is 11.0 Å². The van der Waals surface area contributed by atoms with Gasteiger partial charge in [0, 0.05) is 30.6 Å². The largest absolute Gasteiger partial charge is 0.497 e. The van der Waals surface area contributed by atoms with E-state index in [-0.39, 0.29) is 24.5 Å². The van der Waals surface area contributed by atoms with Crippen LogP contribution in [0, 0.1) is 29.1 Å². The Morgan fingerprint density at radius 2 is 1.87 bits per heavy atom. The molecule has 47 heavy (non-hydrogen) atoms. The molecule has 1 N–H and O–H groups in total. The zero-order valence-corrected chi connectivity index (χ0v) is 27.8. The number of methoxy groups -OCH3 is 1. The molecular formula is C36H48N4O7. The van der Waals surface area contributed by atoms with Crippen molar-refractivity contribution in [2.24, 2.45) is 29.1 Å². The Labute approximate surface area is 276 Å². The van der Waals surface area contributed by atoms with Crippen molar-refractivity contribution in [3.63, 3.8) is 0 Å². The van der Waals surface area contributed by atoms with E-state index >= 15 is 0 Å². The van der Waals surface area contributed by atoms with E-state index < -0.39 is 29.7 Å². The third-order valence-electron chi connectivity index (χ3n) is 11.8. The predicted octanol–water partition coefficient (Wildman–Crippen LogP) is 4.87. The van der Waals surface area contributed by atoms with Gasteiger partial charge in [0.25, 0.3) is 0 Å². The number of amides is 2. The number of ether oxygens (including phenoxy) is 4. The number of fused-ring (bicyclic) bond motifs is 7. The molecule has 2 aromatic rings. The molecule has 5 aliphatic rings. The number of hydrogen-bond acceptors (Lipinski definition) is 9. The molecule has 2 saturated heterocycles. The van der Waals surface area contributed by atoms with Gasteiger partial charge in [-0.25, -0.2) is 14.8 Å². The van der Waals surface area contributed by atoms with E-state index in [0.29, 0.717) is 73.8 Å². The first-order valence-electron chi connectivity index (χ1n) is 17.6. The highest BCUT2D eigenvalue weighted by Crippen LogP contribution is 2.57. The maximum absolute atomic E-state index is 14.6. The van der Waals surface area contributed by atoms with Crippen molar-refractivity contribution >= 4 is 29.3 Å². The molecule has 2 amide bonds. The Kier molecular flexibility index (Phi) is 9.02. The minimum absolute atomic E-state index is 0.136. The summed E-state index contributed by atoms with van der Waals surface area (Å²) >= 11 is 0. The van der Waals surface area contributed by atoms with Crippen molar-refractivity contribution in [1.29, 1.82) is 0 Å². The standard InChI is InChI=1S/C36H48N4O7/c1-4-23-29(20-41)40-19-31(23)46-33-27(37-26-11-10-22(44-3)18-28(26)38-33)9-7-5-6-8-24-25-16-21(25)17-30(24)47-35(43)39-32(34(40)42)36(2)12-14-45-15-13-36/h10-11,18,20-21,23-25,29-32H,4-9,12-17,19H2,1-3H3,(H,39,43)/t21?,23-,24+,25?,29+,30+,31-,32+/m0/s1. The van der Waals surface area contributed by atoms with Crippen molar-refractivity contribution in [2.75, 3.05) is 26.9 Å². The molecule has 1 aromatic heterocycles. The van der Waals surface area contributed by atoms with Crippen molar-refractivity contribution < 1.29 is 33.3 Å². The highest BCUT2D eigenvalue weighted by molar-refractivity contribution is 5.89. The molecule has 7 rings (SSSR count). The first-order valence-corrected chi connectivity index (χ1v) is 17.6. The number of carbonyl (C=O) groups is 3. The van der Waals surface area contributed by atoms with E-state index in [1.807, 2.05) is 32.0 Å². The summed E-state index contributed by atoms with van der Waals surface area (Å²) in [4.78, 5) is 52.5. The maximum Gasteiger partial charge on any atom is 0.408 e. The van der Waals surface area contributed by atoms with Gasteiger partial charge in [-0.3, -0.25) is 4.79 Å². The van der Waals surface area contributed by atoms with E-state index in [0.717, 1.165) is 49.6 Å². The summed E-state index contributed by atoms with van der Waals surface area (Å²) in [5.41, 5.74) is 1.66. The predicted molar refractivity (Wildman–Crippen MR) is 173 cm³/mol. The fourth-order valence-electron chi connectivity index (χ4n) is 8.84. The van der Waals surface area contributed by atoms with Gasteiger partial charge in [0.05, 0.1) is 30.7 Å². The number of aldehydes is 1. The molecule has 8 atom stereocenters. The highest BCUT2D eigenvalue weighted by Gasteiger charge is 2.55. The number of nitrogens with zero attached hydrogens (tertiary/aromatic N) is 3. The monoisotopic (exact) mass is 648 g/mol. The molecule has 4 heterocycles. The molecule has 11 heteroatoms. The van der Waals surface area contributed by atoms with Crippen LogP contribution in [0.1, 0.15) is 77.3 Å². The van der Waals surface area contributed by atoms with E-state index in [1.165, 1.54) is 6.42 Å². The van der Waals surface area contributed by atoms with Gasteiger partial charge in [0.1, 0.15) is 36.0 Å². The van der Waals surface area contributed by atoms with E-state index in [4.69, 9.17) is 28.9 Å². The van der Waals surface area contributed by atoms with E-state index in [2.05, 4.69) is 5.32 Å². The van der Waals surface area contributed by atoms with Gasteiger partial charge in [-0.2, -0.15) is 0 Å². The molecule has 2 saturated carbocycles. The molecule has 2 unspecified atom stereocenters. The molecule has 254 valence electrons. The van der Waals surface area contributed by atoms with Crippen LogP contribution in [0.3, 0.4) is 0 Å². The first kappa shape index (κ1) is 32.1. The number of benzene rings is 1. The smallest absolute Gasteiger partial charge is 0.408 e. The van der Waals surface area contributed by atoms with Gasteiger partial charge < -0.3 is 34.0 Å². The Balaban J connectivity index is 1.25. The van der Waals surface area contributed by atoms with Crippen molar-refractivity contribution in [1.82, 2.24) is 20.2 Å². The lowest BCUT2D eigenvalue weighted by Gasteiger charge is -2.41. The lowest BCUT2D eigenvalue weighted by atomic mass is 9.75. The average molecular weight is 649 g/mol. The molecule has 0 radical (unpaired) electrons. The lowest BCUT2D eigenvalue weighted by molar-refractivity contribution is -0.142. The van der Waals surface area contributed by atoms with Crippen LogP contribution < -0.4 is 14.8 Å². The zero-order valence-electron chi connectivity index (χ0n) is 27.8. The Hall–Kier alpha value is -3.47. The quantitative estimate of drug-likeness (QED) is 0.462. The molecular weight excluding hydrogens is 600 g/mol. The van der Waals surface area contributed by atoms with Gasteiger partial charge in [-0.05, 0) is 81.3 Å². The van der Waals surface area contributed by atoms with E-state index in [1.54, 1.807) is 12.0 Å². The zero-order chi connectivity index (χ0) is 32.7. The molecule has 3 aliphatic heterocycles. The summed E-state index contributed by atoms with van der Waals surface area (Å²) < 4.78 is 23.9. The fourth-order valence-corrected chi connectivity index (χ4v) is 8.84. The Morgan fingerprint density at radius 3 is 2.64 bits per heavy atom. The summed E-state index contributed by atoms with van der Waals surface area (Å²) in [6.45, 7) is 5.24. The number of aryl methyl sites for hydroxylation is 1. The molecule has 4 fully saturated rings. The van der Waals surface area contributed by atoms with Crippen molar-refractivity contribution in [3.05, 3.63) is 23.9 Å². The normalized spacial score (nSPS) is 34.1. The second-order valence-corrected chi connectivity index (χ2v) is 14.6. The summed E-state index contributed by atoms with van der Waals surface area (Å²) in [6, 6.07) is 4.08. The summed E-state index contributed by atoms with van der Waals surface area (Å²) in [5, 5.41) is 3.03. The van der Waals surface area contributed by atoms with Crippen molar-refractivity contribution in [2.45, 2.75) is 102 Å². The second kappa shape index (κ2) is 13.2. The topological polar surface area (TPSA) is 129 Å². The third-order valence-corrected chi connectivity index (χ3v) is 11.8. The van der Waals surface area contributed by atoms with Gasteiger partial charge in [0.15, 0.2) is 0 Å². The van der Waals surface area contributed by atoms with Gasteiger partial charge >= 0.3 is 6.09 Å². The highest BCUT2D eigenvalue weighted by atomic mass is 16.6. The van der Waals surface area contributed by atoms with Crippen LogP contribution in [-0.4, -0.2) is 84.3 Å².